The van der Waals surface area contributed by atoms with Crippen molar-refractivity contribution in [1.82, 2.24) is 19.9 Å². The number of benzene rings is 1. The average Bonchev–Trinajstić information content (AvgIpc) is 3.22. The third-order valence-corrected chi connectivity index (χ3v) is 4.11. The maximum Gasteiger partial charge on any atom is 0.165 e. The SMILES string of the molecule is Fc1ccccc1OC[C@H]1CCCN1c1ncnc2[nH]cnc12. The number of H-pyrrole nitrogens is 1. The molecule has 0 unspecified atom stereocenters. The molecule has 1 aliphatic rings. The summed E-state index contributed by atoms with van der Waals surface area (Å²) in [4.78, 5) is 18.0. The van der Waals surface area contributed by atoms with Gasteiger partial charge in [0.15, 0.2) is 23.0 Å². The lowest BCUT2D eigenvalue weighted by molar-refractivity contribution is 0.275. The lowest BCUT2D eigenvalue weighted by Crippen LogP contribution is -2.35. The topological polar surface area (TPSA) is 66.9 Å². The Kier molecular flexibility index (Phi) is 3.53. The van der Waals surface area contributed by atoms with E-state index in [1.54, 1.807) is 24.5 Å². The van der Waals surface area contributed by atoms with Crippen molar-refractivity contribution in [2.45, 2.75) is 18.9 Å². The number of aromatic amines is 1. The first-order chi connectivity index (χ1) is 11.3. The van der Waals surface area contributed by atoms with Crippen molar-refractivity contribution in [3.8, 4) is 5.75 Å². The van der Waals surface area contributed by atoms with Crippen LogP contribution in [0.5, 0.6) is 5.75 Å². The van der Waals surface area contributed by atoms with E-state index in [2.05, 4.69) is 24.8 Å². The molecular weight excluding hydrogens is 297 g/mol. The third kappa shape index (κ3) is 2.58. The van der Waals surface area contributed by atoms with Crippen molar-refractivity contribution in [3.63, 3.8) is 0 Å². The van der Waals surface area contributed by atoms with Crippen molar-refractivity contribution in [2.75, 3.05) is 18.1 Å². The molecule has 7 heteroatoms. The Hall–Kier alpha value is -2.70. The summed E-state index contributed by atoms with van der Waals surface area (Å²) in [5, 5.41) is 0. The highest BCUT2D eigenvalue weighted by Gasteiger charge is 2.28. The van der Waals surface area contributed by atoms with Gasteiger partial charge in [-0.1, -0.05) is 12.1 Å². The molecule has 0 amide bonds. The number of fused-ring (bicyclic) bond motifs is 1. The minimum Gasteiger partial charge on any atom is -0.488 e. The summed E-state index contributed by atoms with van der Waals surface area (Å²) < 4.78 is 19.4. The number of ether oxygens (including phenoxy) is 1. The molecule has 23 heavy (non-hydrogen) atoms. The second-order valence-corrected chi connectivity index (χ2v) is 5.53. The van der Waals surface area contributed by atoms with E-state index in [1.807, 2.05) is 0 Å². The first-order valence-electron chi connectivity index (χ1n) is 7.61. The van der Waals surface area contributed by atoms with E-state index >= 15 is 0 Å². The molecule has 3 aromatic rings. The molecule has 1 fully saturated rings. The highest BCUT2D eigenvalue weighted by atomic mass is 19.1. The number of aromatic nitrogens is 4. The average molecular weight is 313 g/mol. The van der Waals surface area contributed by atoms with Gasteiger partial charge in [0.25, 0.3) is 0 Å². The minimum atomic E-state index is -0.339. The van der Waals surface area contributed by atoms with Gasteiger partial charge < -0.3 is 14.6 Å². The molecule has 0 radical (unpaired) electrons. The molecular formula is C16H16FN5O. The molecule has 0 aliphatic carbocycles. The number of anilines is 1. The fraction of sp³-hybridized carbons (Fsp3) is 0.312. The predicted octanol–water partition coefficient (Wildman–Crippen LogP) is 2.54. The molecule has 118 valence electrons. The van der Waals surface area contributed by atoms with Crippen molar-refractivity contribution in [2.24, 2.45) is 0 Å². The summed E-state index contributed by atoms with van der Waals surface area (Å²) in [5.41, 5.74) is 1.47. The van der Waals surface area contributed by atoms with Crippen LogP contribution in [0, 0.1) is 5.82 Å². The molecule has 2 aromatic heterocycles. The normalized spacial score (nSPS) is 17.8. The number of nitrogens with zero attached hydrogens (tertiary/aromatic N) is 4. The number of rotatable bonds is 4. The van der Waals surface area contributed by atoms with E-state index in [1.165, 1.54) is 12.4 Å². The van der Waals surface area contributed by atoms with Crippen LogP contribution in [-0.4, -0.2) is 39.1 Å². The maximum atomic E-state index is 13.7. The summed E-state index contributed by atoms with van der Waals surface area (Å²) in [6, 6.07) is 6.61. The zero-order valence-electron chi connectivity index (χ0n) is 12.4. The Morgan fingerprint density at radius 3 is 3.09 bits per heavy atom. The van der Waals surface area contributed by atoms with Gasteiger partial charge in [-0.05, 0) is 25.0 Å². The second kappa shape index (κ2) is 5.83. The fourth-order valence-electron chi connectivity index (χ4n) is 3.00. The van der Waals surface area contributed by atoms with Crippen LogP contribution in [0.1, 0.15) is 12.8 Å². The lowest BCUT2D eigenvalue weighted by Gasteiger charge is -2.25. The molecule has 1 aromatic carbocycles. The van der Waals surface area contributed by atoms with Gasteiger partial charge in [-0.15, -0.1) is 0 Å². The highest BCUT2D eigenvalue weighted by Crippen LogP contribution is 2.28. The molecule has 1 aliphatic heterocycles. The molecule has 4 rings (SSSR count). The van der Waals surface area contributed by atoms with E-state index in [4.69, 9.17) is 4.74 Å². The predicted molar refractivity (Wildman–Crippen MR) is 83.9 cm³/mol. The Balaban J connectivity index is 1.55. The van der Waals surface area contributed by atoms with Gasteiger partial charge in [0.2, 0.25) is 0 Å². The number of hydrogen-bond donors (Lipinski definition) is 1. The van der Waals surface area contributed by atoms with E-state index in [9.17, 15) is 4.39 Å². The molecule has 0 bridgehead atoms. The van der Waals surface area contributed by atoms with Gasteiger partial charge in [0, 0.05) is 6.54 Å². The van der Waals surface area contributed by atoms with Gasteiger partial charge in [0.05, 0.1) is 12.4 Å². The Bertz CT molecular complexity index is 821. The summed E-state index contributed by atoms with van der Waals surface area (Å²) in [6.45, 7) is 1.29. The Morgan fingerprint density at radius 1 is 1.26 bits per heavy atom. The molecule has 3 heterocycles. The zero-order chi connectivity index (χ0) is 15.6. The Labute approximate surface area is 132 Å². The van der Waals surface area contributed by atoms with E-state index < -0.39 is 0 Å². The van der Waals surface area contributed by atoms with Crippen LogP contribution in [0.25, 0.3) is 11.2 Å². The summed E-state index contributed by atoms with van der Waals surface area (Å²) >= 11 is 0. The van der Waals surface area contributed by atoms with E-state index in [0.717, 1.165) is 36.4 Å². The van der Waals surface area contributed by atoms with Gasteiger partial charge in [-0.3, -0.25) is 0 Å². The zero-order valence-corrected chi connectivity index (χ0v) is 12.4. The second-order valence-electron chi connectivity index (χ2n) is 5.53. The van der Waals surface area contributed by atoms with Crippen molar-refractivity contribution >= 4 is 17.0 Å². The van der Waals surface area contributed by atoms with Gasteiger partial charge >= 0.3 is 0 Å². The third-order valence-electron chi connectivity index (χ3n) is 4.11. The highest BCUT2D eigenvalue weighted by molar-refractivity contribution is 5.82. The first kappa shape index (κ1) is 13.9. The molecule has 0 spiro atoms. The van der Waals surface area contributed by atoms with Crippen LogP contribution in [0.3, 0.4) is 0 Å². The van der Waals surface area contributed by atoms with Gasteiger partial charge in [-0.2, -0.15) is 0 Å². The van der Waals surface area contributed by atoms with E-state index in [-0.39, 0.29) is 17.6 Å². The summed E-state index contributed by atoms with van der Waals surface area (Å²) in [7, 11) is 0. The number of para-hydroxylation sites is 1. The summed E-state index contributed by atoms with van der Waals surface area (Å²) in [5.74, 6) is 0.747. The maximum absolute atomic E-state index is 13.7. The van der Waals surface area contributed by atoms with Crippen LogP contribution >= 0.6 is 0 Å². The van der Waals surface area contributed by atoms with Crippen molar-refractivity contribution in [1.29, 1.82) is 0 Å². The van der Waals surface area contributed by atoms with Crippen LogP contribution in [0.4, 0.5) is 10.2 Å². The van der Waals surface area contributed by atoms with E-state index in [0.29, 0.717) is 6.61 Å². The van der Waals surface area contributed by atoms with Crippen molar-refractivity contribution in [3.05, 3.63) is 42.7 Å². The van der Waals surface area contributed by atoms with Crippen LogP contribution in [0.2, 0.25) is 0 Å². The molecule has 1 atom stereocenters. The van der Waals surface area contributed by atoms with Crippen LogP contribution in [0.15, 0.2) is 36.9 Å². The number of nitrogens with one attached hydrogen (secondary N) is 1. The number of hydrogen-bond acceptors (Lipinski definition) is 5. The van der Waals surface area contributed by atoms with Crippen molar-refractivity contribution < 1.29 is 9.13 Å². The molecule has 6 nitrogen and oxygen atoms in total. The fourth-order valence-corrected chi connectivity index (χ4v) is 3.00. The largest absolute Gasteiger partial charge is 0.488 e. The quantitative estimate of drug-likeness (QED) is 0.802. The van der Waals surface area contributed by atoms with Gasteiger partial charge in [-0.25, -0.2) is 19.3 Å². The van der Waals surface area contributed by atoms with Crippen LogP contribution in [-0.2, 0) is 0 Å². The van der Waals surface area contributed by atoms with Crippen LogP contribution < -0.4 is 9.64 Å². The number of imidazole rings is 1. The smallest absolute Gasteiger partial charge is 0.165 e. The summed E-state index contributed by atoms with van der Waals surface area (Å²) in [6.07, 6.45) is 5.16. The lowest BCUT2D eigenvalue weighted by atomic mass is 10.2. The monoisotopic (exact) mass is 313 g/mol. The molecule has 1 saturated heterocycles. The standard InChI is InChI=1S/C16H16FN5O/c17-12-5-1-2-6-13(12)23-8-11-4-3-7-22(11)16-14-15(19-9-18-14)20-10-21-16/h1-2,5-6,9-11H,3-4,7-8H2,(H,18,19,20,21)/t11-/m1/s1. The minimum absolute atomic E-state index is 0.143. The Morgan fingerprint density at radius 2 is 2.17 bits per heavy atom. The molecule has 1 N–H and O–H groups in total. The number of halogens is 1. The molecule has 0 saturated carbocycles. The first-order valence-corrected chi connectivity index (χ1v) is 7.61. The van der Waals surface area contributed by atoms with Gasteiger partial charge in [0.1, 0.15) is 18.5 Å².